The van der Waals surface area contributed by atoms with Crippen molar-refractivity contribution in [2.24, 2.45) is 5.92 Å². The van der Waals surface area contributed by atoms with E-state index in [1.807, 2.05) is 13.8 Å². The van der Waals surface area contributed by atoms with Crippen LogP contribution < -0.4 is 5.32 Å². The quantitative estimate of drug-likeness (QED) is 0.603. The maximum atomic E-state index is 13.0. The molecule has 1 aromatic heterocycles. The second-order valence-corrected chi connectivity index (χ2v) is 10.2. The molecule has 6 nitrogen and oxygen atoms in total. The summed E-state index contributed by atoms with van der Waals surface area (Å²) in [5, 5.41) is 3.81. The van der Waals surface area contributed by atoms with Gasteiger partial charge in [-0.3, -0.25) is 9.69 Å². The van der Waals surface area contributed by atoms with E-state index >= 15 is 0 Å². The number of quaternary nitrogens is 1. The highest BCUT2D eigenvalue weighted by molar-refractivity contribution is 7.17. The number of carbonyl (C=O) groups is 2. The zero-order chi connectivity index (χ0) is 19.9. The minimum absolute atomic E-state index is 0.0283. The molecule has 3 fully saturated rings. The van der Waals surface area contributed by atoms with E-state index < -0.39 is 0 Å². The summed E-state index contributed by atoms with van der Waals surface area (Å²) in [5.41, 5.74) is 1.71. The molecule has 2 bridgehead atoms. The zero-order valence-electron chi connectivity index (χ0n) is 17.3. The molecule has 0 aromatic carbocycles. The maximum absolute atomic E-state index is 13.0. The first kappa shape index (κ1) is 19.9. The van der Waals surface area contributed by atoms with Crippen molar-refractivity contribution < 1.29 is 18.8 Å². The minimum atomic E-state index is -0.295. The summed E-state index contributed by atoms with van der Waals surface area (Å²) in [6.07, 6.45) is 2.78. The number of hydrogen-bond acceptors (Lipinski definition) is 5. The molecule has 1 aromatic rings. The average molecular weight is 407 g/mol. The van der Waals surface area contributed by atoms with Crippen molar-refractivity contribution in [1.29, 1.82) is 0 Å². The van der Waals surface area contributed by atoms with E-state index in [-0.39, 0.29) is 18.0 Å². The Balaban J connectivity index is 1.54. The number of fused-ring (bicyclic) bond motifs is 4. The topological polar surface area (TPSA) is 58.6 Å². The van der Waals surface area contributed by atoms with Crippen LogP contribution in [0.4, 0.5) is 5.00 Å². The van der Waals surface area contributed by atoms with Crippen molar-refractivity contribution in [2.45, 2.75) is 46.1 Å². The molecular formula is C21H32N3O3S+. The van der Waals surface area contributed by atoms with E-state index in [2.05, 4.69) is 17.1 Å². The van der Waals surface area contributed by atoms with Crippen LogP contribution in [0.3, 0.4) is 0 Å². The monoisotopic (exact) mass is 406 g/mol. The highest BCUT2D eigenvalue weighted by Gasteiger charge is 2.40. The Kier molecular flexibility index (Phi) is 5.51. The number of ether oxygens (including phenoxy) is 1. The van der Waals surface area contributed by atoms with Crippen molar-refractivity contribution in [2.75, 3.05) is 51.1 Å². The van der Waals surface area contributed by atoms with E-state index in [4.69, 9.17) is 4.74 Å². The van der Waals surface area contributed by atoms with Gasteiger partial charge in [-0.1, -0.05) is 6.92 Å². The molecular weight excluding hydrogens is 374 g/mol. The lowest BCUT2D eigenvalue weighted by atomic mass is 9.88. The summed E-state index contributed by atoms with van der Waals surface area (Å²) < 4.78 is 6.40. The Hall–Kier alpha value is -1.44. The van der Waals surface area contributed by atoms with Gasteiger partial charge < -0.3 is 14.5 Å². The van der Waals surface area contributed by atoms with Gasteiger partial charge in [-0.25, -0.2) is 4.79 Å². The second-order valence-electron chi connectivity index (χ2n) is 9.07. The number of nitrogens with zero attached hydrogens (tertiary/aromatic N) is 2. The van der Waals surface area contributed by atoms with Crippen LogP contribution in [-0.4, -0.2) is 73.2 Å². The Morgan fingerprint density at radius 3 is 2.57 bits per heavy atom. The Morgan fingerprint density at radius 2 is 1.93 bits per heavy atom. The molecule has 7 heteroatoms. The molecule has 4 aliphatic rings. The second kappa shape index (κ2) is 7.76. The van der Waals surface area contributed by atoms with Gasteiger partial charge in [0.15, 0.2) is 6.54 Å². The third-order valence-electron chi connectivity index (χ3n) is 6.46. The standard InChI is InChI=1S/C21H31N3O3S/c1-14(2)27-21(26)19-16-5-4-15(3)12-17(16)28-20(19)22-18(25)13-24-9-6-23(7-10-24)8-11-24/h14-15H,4-13H2,1-3H3/p+1/t15-/m1/s1. The van der Waals surface area contributed by atoms with Gasteiger partial charge in [0.25, 0.3) is 5.91 Å². The van der Waals surface area contributed by atoms with E-state index in [0.717, 1.165) is 68.6 Å². The van der Waals surface area contributed by atoms with Crippen LogP contribution in [0.5, 0.6) is 0 Å². The molecule has 1 atom stereocenters. The summed E-state index contributed by atoms with van der Waals surface area (Å²) in [5.74, 6) is 0.350. The van der Waals surface area contributed by atoms with Crippen LogP contribution in [-0.2, 0) is 22.4 Å². The third-order valence-corrected chi connectivity index (χ3v) is 7.63. The van der Waals surface area contributed by atoms with Gasteiger partial charge in [-0.15, -0.1) is 11.3 Å². The summed E-state index contributed by atoms with van der Waals surface area (Å²) in [7, 11) is 0. The lowest BCUT2D eigenvalue weighted by Crippen LogP contribution is -2.68. The molecule has 1 N–H and O–H groups in total. The number of piperazine rings is 3. The molecule has 0 saturated carbocycles. The molecule has 0 unspecified atom stereocenters. The van der Waals surface area contributed by atoms with Gasteiger partial charge in [-0.05, 0) is 44.6 Å². The predicted octanol–water partition coefficient (Wildman–Crippen LogP) is 2.52. The van der Waals surface area contributed by atoms with Crippen LogP contribution in [0.1, 0.15) is 48.0 Å². The molecule has 3 aliphatic heterocycles. The Labute approximate surface area is 171 Å². The third kappa shape index (κ3) is 3.98. The SMILES string of the molecule is CC(C)OC(=O)c1c(NC(=O)C[N+]23CCN(CC2)CC3)sc2c1CC[C@@H](C)C2. The molecule has 0 radical (unpaired) electrons. The van der Waals surface area contributed by atoms with Crippen molar-refractivity contribution in [1.82, 2.24) is 4.90 Å². The van der Waals surface area contributed by atoms with Gasteiger partial charge in [0.2, 0.25) is 0 Å². The highest BCUT2D eigenvalue weighted by Crippen LogP contribution is 2.40. The van der Waals surface area contributed by atoms with Crippen LogP contribution in [0.2, 0.25) is 0 Å². The Morgan fingerprint density at radius 1 is 1.25 bits per heavy atom. The van der Waals surface area contributed by atoms with Gasteiger partial charge in [0, 0.05) is 24.5 Å². The first-order valence-corrected chi connectivity index (χ1v) is 11.4. The number of esters is 1. The van der Waals surface area contributed by atoms with E-state index in [0.29, 0.717) is 23.0 Å². The molecule has 28 heavy (non-hydrogen) atoms. The van der Waals surface area contributed by atoms with E-state index in [1.54, 1.807) is 11.3 Å². The van der Waals surface area contributed by atoms with Gasteiger partial charge in [0.05, 0.1) is 31.3 Å². The number of thiophene rings is 1. The van der Waals surface area contributed by atoms with E-state index in [9.17, 15) is 9.59 Å². The van der Waals surface area contributed by atoms with Crippen molar-refractivity contribution in [3.8, 4) is 0 Å². The fraction of sp³-hybridized carbons (Fsp3) is 0.714. The van der Waals surface area contributed by atoms with Crippen molar-refractivity contribution in [3.05, 3.63) is 16.0 Å². The Bertz CT molecular complexity index is 751. The van der Waals surface area contributed by atoms with Gasteiger partial charge in [-0.2, -0.15) is 0 Å². The summed E-state index contributed by atoms with van der Waals surface area (Å²) >= 11 is 1.58. The molecule has 154 valence electrons. The normalized spacial score (nSPS) is 28.9. The summed E-state index contributed by atoms with van der Waals surface area (Å²) in [6, 6.07) is 0. The summed E-state index contributed by atoms with van der Waals surface area (Å²) in [6.45, 7) is 12.9. The number of nitrogens with one attached hydrogen (secondary N) is 1. The number of hydrogen-bond donors (Lipinski definition) is 1. The molecule has 0 spiro atoms. The molecule has 1 aliphatic carbocycles. The number of rotatable bonds is 5. The lowest BCUT2D eigenvalue weighted by Gasteiger charge is -2.50. The fourth-order valence-corrected chi connectivity index (χ4v) is 6.18. The minimum Gasteiger partial charge on any atom is -0.459 e. The fourth-order valence-electron chi connectivity index (χ4n) is 4.77. The largest absolute Gasteiger partial charge is 0.459 e. The first-order chi connectivity index (χ1) is 13.3. The van der Waals surface area contributed by atoms with Gasteiger partial charge >= 0.3 is 5.97 Å². The van der Waals surface area contributed by atoms with E-state index in [1.165, 1.54) is 4.88 Å². The van der Waals surface area contributed by atoms with Crippen LogP contribution >= 0.6 is 11.3 Å². The number of anilines is 1. The lowest BCUT2D eigenvalue weighted by molar-refractivity contribution is -0.933. The number of carbonyl (C=O) groups excluding carboxylic acids is 2. The maximum Gasteiger partial charge on any atom is 0.341 e. The number of amides is 1. The van der Waals surface area contributed by atoms with Crippen LogP contribution in [0.25, 0.3) is 0 Å². The molecule has 3 saturated heterocycles. The van der Waals surface area contributed by atoms with Crippen LogP contribution in [0, 0.1) is 5.92 Å². The van der Waals surface area contributed by atoms with Gasteiger partial charge in [0.1, 0.15) is 5.00 Å². The highest BCUT2D eigenvalue weighted by atomic mass is 32.1. The zero-order valence-corrected chi connectivity index (χ0v) is 18.1. The average Bonchev–Trinajstić information content (AvgIpc) is 2.98. The molecule has 5 rings (SSSR count). The first-order valence-electron chi connectivity index (χ1n) is 10.6. The smallest absolute Gasteiger partial charge is 0.341 e. The molecule has 1 amide bonds. The predicted molar refractivity (Wildman–Crippen MR) is 111 cm³/mol. The van der Waals surface area contributed by atoms with Crippen molar-refractivity contribution >= 4 is 28.2 Å². The summed E-state index contributed by atoms with van der Waals surface area (Å²) in [4.78, 5) is 29.5. The molecule has 4 heterocycles. The van der Waals surface area contributed by atoms with Crippen LogP contribution in [0.15, 0.2) is 0 Å². The van der Waals surface area contributed by atoms with Crippen molar-refractivity contribution in [3.63, 3.8) is 0 Å².